The molecule has 1 aromatic heterocycles. The number of ether oxygens (including phenoxy) is 1. The molecule has 0 bridgehead atoms. The Morgan fingerprint density at radius 2 is 1.82 bits per heavy atom. The van der Waals surface area contributed by atoms with Crippen LogP contribution in [-0.2, 0) is 12.8 Å². The fourth-order valence-electron chi connectivity index (χ4n) is 4.68. The van der Waals surface area contributed by atoms with Crippen LogP contribution in [0.5, 0.6) is 6.01 Å². The number of hydrogen-bond donors (Lipinski definition) is 1. The number of nitrogens with zero attached hydrogens (tertiary/aromatic N) is 4. The molecule has 7 heteroatoms. The van der Waals surface area contributed by atoms with Crippen LogP contribution in [0.25, 0.3) is 11.4 Å². The zero-order valence-corrected chi connectivity index (χ0v) is 20.1. The fourth-order valence-corrected chi connectivity index (χ4v) is 4.68. The predicted molar refractivity (Wildman–Crippen MR) is 131 cm³/mol. The molecule has 0 aliphatic carbocycles. The molecule has 1 saturated heterocycles. The standard InChI is InChI=1S/C27H31N5O2/c1-4-19-15-20(5-2)24(16-23(19)25-29-27(31-30-25)34-6-3)26(33)32-13-11-22(12-14-32)21-9-7-18(17-28)8-10-21/h7-10,15-16,22H,4-6,11-14H2,1-3H3,(H,29,30,31). The van der Waals surface area contributed by atoms with Crippen molar-refractivity contribution in [1.29, 1.82) is 5.26 Å². The van der Waals surface area contributed by atoms with Crippen molar-refractivity contribution in [1.82, 2.24) is 20.1 Å². The SMILES string of the molecule is CCOc1n[nH]c(-c2cc(C(=O)N3CCC(c4ccc(C#N)cc4)CC3)c(CC)cc2CC)n1. The minimum Gasteiger partial charge on any atom is -0.463 e. The molecule has 7 nitrogen and oxygen atoms in total. The van der Waals surface area contributed by atoms with Gasteiger partial charge in [0.2, 0.25) is 0 Å². The maximum atomic E-state index is 13.6. The number of piperidine rings is 1. The molecule has 0 atom stereocenters. The van der Waals surface area contributed by atoms with E-state index in [1.54, 1.807) is 0 Å². The summed E-state index contributed by atoms with van der Waals surface area (Å²) in [7, 11) is 0. The minimum absolute atomic E-state index is 0.0728. The Hall–Kier alpha value is -3.66. The highest BCUT2D eigenvalue weighted by atomic mass is 16.5. The Balaban J connectivity index is 1.55. The van der Waals surface area contributed by atoms with Crippen molar-refractivity contribution in [3.05, 3.63) is 64.2 Å². The first-order chi connectivity index (χ1) is 16.6. The molecular formula is C27H31N5O2. The lowest BCUT2D eigenvalue weighted by atomic mass is 9.88. The quantitative estimate of drug-likeness (QED) is 0.545. The first-order valence-corrected chi connectivity index (χ1v) is 12.1. The molecule has 1 aliphatic heterocycles. The van der Waals surface area contributed by atoms with Gasteiger partial charge in [-0.05, 0) is 73.4 Å². The third kappa shape index (κ3) is 4.81. The van der Waals surface area contributed by atoms with Gasteiger partial charge in [0.15, 0.2) is 5.82 Å². The number of carbonyl (C=O) groups excluding carboxylic acids is 1. The van der Waals surface area contributed by atoms with Gasteiger partial charge in [-0.1, -0.05) is 32.0 Å². The summed E-state index contributed by atoms with van der Waals surface area (Å²) in [5.41, 5.74) is 5.74. The number of likely N-dealkylation sites (tertiary alicyclic amines) is 1. The number of benzene rings is 2. The normalized spacial score (nSPS) is 14.1. The highest BCUT2D eigenvalue weighted by Gasteiger charge is 2.27. The molecular weight excluding hydrogens is 426 g/mol. The largest absolute Gasteiger partial charge is 0.463 e. The molecule has 1 aliphatic rings. The summed E-state index contributed by atoms with van der Waals surface area (Å²) in [6, 6.07) is 14.4. The van der Waals surface area contributed by atoms with Crippen LogP contribution >= 0.6 is 0 Å². The number of H-pyrrole nitrogens is 1. The topological polar surface area (TPSA) is 94.9 Å². The van der Waals surface area contributed by atoms with Gasteiger partial charge in [-0.3, -0.25) is 9.89 Å². The van der Waals surface area contributed by atoms with Gasteiger partial charge in [0, 0.05) is 24.2 Å². The smallest absolute Gasteiger partial charge is 0.335 e. The Bertz CT molecular complexity index is 1180. The number of aromatic nitrogens is 3. The van der Waals surface area contributed by atoms with Crippen LogP contribution in [-0.4, -0.2) is 45.7 Å². The molecule has 0 spiro atoms. The maximum absolute atomic E-state index is 13.6. The van der Waals surface area contributed by atoms with Crippen molar-refractivity contribution in [2.24, 2.45) is 0 Å². The van der Waals surface area contributed by atoms with Crippen molar-refractivity contribution in [3.8, 4) is 23.5 Å². The van der Waals surface area contributed by atoms with Crippen molar-refractivity contribution in [2.75, 3.05) is 19.7 Å². The van der Waals surface area contributed by atoms with Gasteiger partial charge in [0.1, 0.15) is 0 Å². The second-order valence-corrected chi connectivity index (χ2v) is 8.57. The monoisotopic (exact) mass is 457 g/mol. The summed E-state index contributed by atoms with van der Waals surface area (Å²) in [5.74, 6) is 1.10. The third-order valence-electron chi connectivity index (χ3n) is 6.61. The van der Waals surface area contributed by atoms with Gasteiger partial charge >= 0.3 is 6.01 Å². The summed E-state index contributed by atoms with van der Waals surface area (Å²) in [4.78, 5) is 20.1. The Morgan fingerprint density at radius 3 is 2.44 bits per heavy atom. The summed E-state index contributed by atoms with van der Waals surface area (Å²) in [6.45, 7) is 8.01. The number of rotatable bonds is 7. The van der Waals surface area contributed by atoms with E-state index in [1.165, 1.54) is 5.56 Å². The average molecular weight is 458 g/mol. The van der Waals surface area contributed by atoms with Crippen molar-refractivity contribution in [2.45, 2.75) is 52.4 Å². The number of amides is 1. The van der Waals surface area contributed by atoms with E-state index in [-0.39, 0.29) is 5.91 Å². The van der Waals surface area contributed by atoms with E-state index in [9.17, 15) is 4.79 Å². The van der Waals surface area contributed by atoms with Crippen molar-refractivity contribution >= 4 is 5.91 Å². The molecule has 1 fully saturated rings. The molecule has 0 radical (unpaired) electrons. The van der Waals surface area contributed by atoms with Crippen LogP contribution in [0, 0.1) is 11.3 Å². The van der Waals surface area contributed by atoms with E-state index in [0.29, 0.717) is 43.0 Å². The van der Waals surface area contributed by atoms with E-state index < -0.39 is 0 Å². The minimum atomic E-state index is 0.0728. The van der Waals surface area contributed by atoms with E-state index in [1.807, 2.05) is 42.2 Å². The Kier molecular flexibility index (Phi) is 7.27. The van der Waals surface area contributed by atoms with Crippen LogP contribution in [0.2, 0.25) is 0 Å². The number of aromatic amines is 1. The molecule has 1 N–H and O–H groups in total. The molecule has 2 heterocycles. The summed E-state index contributed by atoms with van der Waals surface area (Å²) >= 11 is 0. The van der Waals surface area contributed by atoms with Gasteiger partial charge < -0.3 is 9.64 Å². The average Bonchev–Trinajstić information content (AvgIpc) is 3.36. The van der Waals surface area contributed by atoms with Gasteiger partial charge in [0.05, 0.1) is 18.2 Å². The second kappa shape index (κ2) is 10.5. The number of aryl methyl sites for hydroxylation is 2. The van der Waals surface area contributed by atoms with Gasteiger partial charge in [0.25, 0.3) is 5.91 Å². The van der Waals surface area contributed by atoms with E-state index in [0.717, 1.165) is 47.9 Å². The molecule has 2 aromatic carbocycles. The number of nitriles is 1. The highest BCUT2D eigenvalue weighted by Crippen LogP contribution is 2.31. The van der Waals surface area contributed by atoms with E-state index in [2.05, 4.69) is 41.2 Å². The summed E-state index contributed by atoms with van der Waals surface area (Å²) < 4.78 is 5.41. The molecule has 0 unspecified atom stereocenters. The number of nitrogens with one attached hydrogen (secondary N) is 1. The highest BCUT2D eigenvalue weighted by molar-refractivity contribution is 5.97. The van der Waals surface area contributed by atoms with Gasteiger partial charge in [-0.15, -0.1) is 5.10 Å². The first kappa shape index (κ1) is 23.5. The predicted octanol–water partition coefficient (Wildman–Crippen LogP) is 4.89. The molecule has 0 saturated carbocycles. The maximum Gasteiger partial charge on any atom is 0.335 e. The summed E-state index contributed by atoms with van der Waals surface area (Å²) in [6.07, 6.45) is 3.45. The van der Waals surface area contributed by atoms with Gasteiger partial charge in [-0.2, -0.15) is 10.2 Å². The number of hydrogen-bond acceptors (Lipinski definition) is 5. The van der Waals surface area contributed by atoms with E-state index >= 15 is 0 Å². The van der Waals surface area contributed by atoms with Crippen LogP contribution < -0.4 is 4.74 Å². The van der Waals surface area contributed by atoms with Crippen LogP contribution in [0.4, 0.5) is 0 Å². The summed E-state index contributed by atoms with van der Waals surface area (Å²) in [5, 5.41) is 16.1. The Morgan fingerprint density at radius 1 is 1.12 bits per heavy atom. The fraction of sp³-hybridized carbons (Fsp3) is 0.407. The van der Waals surface area contributed by atoms with Crippen LogP contribution in [0.1, 0.15) is 72.1 Å². The van der Waals surface area contributed by atoms with Crippen LogP contribution in [0.15, 0.2) is 36.4 Å². The van der Waals surface area contributed by atoms with E-state index in [4.69, 9.17) is 10.00 Å². The lowest BCUT2D eigenvalue weighted by molar-refractivity contribution is 0.0712. The first-order valence-electron chi connectivity index (χ1n) is 12.1. The zero-order chi connectivity index (χ0) is 24.1. The third-order valence-corrected chi connectivity index (χ3v) is 6.61. The molecule has 34 heavy (non-hydrogen) atoms. The Labute approximate surface area is 200 Å². The van der Waals surface area contributed by atoms with Crippen molar-refractivity contribution < 1.29 is 9.53 Å². The molecule has 4 rings (SSSR count). The lowest BCUT2D eigenvalue weighted by Crippen LogP contribution is -2.38. The molecule has 3 aromatic rings. The van der Waals surface area contributed by atoms with Crippen molar-refractivity contribution in [3.63, 3.8) is 0 Å². The van der Waals surface area contributed by atoms with Crippen LogP contribution in [0.3, 0.4) is 0 Å². The zero-order valence-electron chi connectivity index (χ0n) is 20.1. The number of carbonyl (C=O) groups is 1. The van der Waals surface area contributed by atoms with Gasteiger partial charge in [-0.25, -0.2) is 0 Å². The molecule has 176 valence electrons. The second-order valence-electron chi connectivity index (χ2n) is 8.57. The lowest BCUT2D eigenvalue weighted by Gasteiger charge is -2.33. The molecule has 1 amide bonds.